The van der Waals surface area contributed by atoms with Crippen molar-refractivity contribution in [3.8, 4) is 0 Å². The van der Waals surface area contributed by atoms with E-state index < -0.39 is 18.1 Å². The van der Waals surface area contributed by atoms with E-state index in [1.165, 1.54) is 0 Å². The van der Waals surface area contributed by atoms with E-state index in [1.807, 2.05) is 60.7 Å². The van der Waals surface area contributed by atoms with Gasteiger partial charge in [0.2, 0.25) is 0 Å². The van der Waals surface area contributed by atoms with Crippen molar-refractivity contribution in [1.82, 2.24) is 5.32 Å². The molecule has 2 aromatic rings. The summed E-state index contributed by atoms with van der Waals surface area (Å²) in [5, 5.41) is 2.55. The van der Waals surface area contributed by atoms with E-state index in [4.69, 9.17) is 14.2 Å². The molecule has 2 rings (SSSR count). The Morgan fingerprint density at radius 2 is 1.35 bits per heavy atom. The summed E-state index contributed by atoms with van der Waals surface area (Å²) in [6.07, 6.45) is -0.217. The van der Waals surface area contributed by atoms with Crippen LogP contribution < -0.4 is 5.32 Å². The number of amides is 1. The first-order chi connectivity index (χ1) is 15.0. The fourth-order valence-corrected chi connectivity index (χ4v) is 2.68. The molecule has 0 spiro atoms. The molecule has 2 aromatic carbocycles. The molecule has 0 aliphatic heterocycles. The molecule has 0 aromatic heterocycles. The predicted molar refractivity (Wildman–Crippen MR) is 115 cm³/mol. The van der Waals surface area contributed by atoms with Gasteiger partial charge in [-0.3, -0.25) is 4.79 Å². The molecular formula is C24H29NO6. The van der Waals surface area contributed by atoms with Crippen molar-refractivity contribution in [1.29, 1.82) is 0 Å². The van der Waals surface area contributed by atoms with Crippen molar-refractivity contribution in [2.45, 2.75) is 45.9 Å². The van der Waals surface area contributed by atoms with Gasteiger partial charge in [-0.1, -0.05) is 74.5 Å². The molecule has 1 atom stereocenters. The summed E-state index contributed by atoms with van der Waals surface area (Å²) in [7, 11) is 0. The Kier molecular flexibility index (Phi) is 10.1. The molecule has 0 fully saturated rings. The molecule has 0 aliphatic rings. The molecule has 0 unspecified atom stereocenters. The van der Waals surface area contributed by atoms with Gasteiger partial charge < -0.3 is 19.5 Å². The minimum absolute atomic E-state index is 0.0588. The molecule has 0 radical (unpaired) electrons. The predicted octanol–water partition coefficient (Wildman–Crippen LogP) is 4.00. The Balaban J connectivity index is 1.66. The van der Waals surface area contributed by atoms with Gasteiger partial charge in [0.25, 0.3) is 0 Å². The van der Waals surface area contributed by atoms with Gasteiger partial charge in [-0.15, -0.1) is 0 Å². The first kappa shape index (κ1) is 23.9. The van der Waals surface area contributed by atoms with Crippen molar-refractivity contribution >= 4 is 18.0 Å². The summed E-state index contributed by atoms with van der Waals surface area (Å²) in [6.45, 7) is 3.97. The fraction of sp³-hybridized carbons (Fsp3) is 0.375. The van der Waals surface area contributed by atoms with E-state index in [2.05, 4.69) is 5.32 Å². The number of ether oxygens (including phenoxy) is 3. The van der Waals surface area contributed by atoms with Gasteiger partial charge in [-0.25, -0.2) is 9.59 Å². The fourth-order valence-electron chi connectivity index (χ4n) is 2.68. The van der Waals surface area contributed by atoms with Crippen LogP contribution in [0.1, 0.15) is 37.8 Å². The van der Waals surface area contributed by atoms with Crippen molar-refractivity contribution in [3.05, 3.63) is 71.8 Å². The third-order valence-electron chi connectivity index (χ3n) is 4.42. The number of esters is 2. The van der Waals surface area contributed by atoms with Crippen molar-refractivity contribution in [2.75, 3.05) is 6.61 Å². The monoisotopic (exact) mass is 427 g/mol. The number of carbonyl (C=O) groups excluding carboxylic acids is 3. The Morgan fingerprint density at radius 3 is 1.90 bits per heavy atom. The Labute approximate surface area is 182 Å². The van der Waals surface area contributed by atoms with Gasteiger partial charge >= 0.3 is 18.0 Å². The minimum Gasteiger partial charge on any atom is -0.464 e. The first-order valence-corrected chi connectivity index (χ1v) is 10.3. The van der Waals surface area contributed by atoms with Gasteiger partial charge in [0.1, 0.15) is 19.3 Å². The summed E-state index contributed by atoms with van der Waals surface area (Å²) < 4.78 is 15.6. The second-order valence-electron chi connectivity index (χ2n) is 7.35. The number of hydrogen-bond donors (Lipinski definition) is 1. The number of hydrogen-bond acceptors (Lipinski definition) is 6. The molecule has 0 saturated heterocycles. The lowest BCUT2D eigenvalue weighted by Crippen LogP contribution is -2.45. The van der Waals surface area contributed by atoms with Gasteiger partial charge in [0, 0.05) is 6.42 Å². The Bertz CT molecular complexity index is 822. The van der Waals surface area contributed by atoms with E-state index >= 15 is 0 Å². The van der Waals surface area contributed by atoms with Gasteiger partial charge in [-0.2, -0.15) is 0 Å². The average molecular weight is 427 g/mol. The quantitative estimate of drug-likeness (QED) is 0.331. The minimum atomic E-state index is -0.840. The molecule has 1 N–H and O–H groups in total. The highest BCUT2D eigenvalue weighted by molar-refractivity contribution is 5.81. The largest absolute Gasteiger partial charge is 0.464 e. The summed E-state index contributed by atoms with van der Waals surface area (Å²) in [4.78, 5) is 36.2. The van der Waals surface area contributed by atoms with Gasteiger partial charge in [-0.05, 0) is 23.5 Å². The smallest absolute Gasteiger partial charge is 0.408 e. The number of nitrogens with one attached hydrogen (secondary N) is 1. The zero-order chi connectivity index (χ0) is 22.5. The summed E-state index contributed by atoms with van der Waals surface area (Å²) in [6, 6.07) is 17.8. The Morgan fingerprint density at radius 1 is 0.806 bits per heavy atom. The maximum absolute atomic E-state index is 12.3. The standard InChI is InChI=1S/C24H29NO6/c1-18(2)22(25-24(28)31-17-20-12-7-4-8-13-20)23(27)29-15-9-14-21(26)30-16-19-10-5-3-6-11-19/h3-8,10-13,18,22H,9,14-17H2,1-2H3,(H,25,28)/t22-/m0/s1. The van der Waals surface area contributed by atoms with Crippen LogP contribution in [0, 0.1) is 5.92 Å². The van der Waals surface area contributed by atoms with Crippen LogP contribution in [-0.2, 0) is 37.0 Å². The van der Waals surface area contributed by atoms with Crippen LogP contribution in [0.15, 0.2) is 60.7 Å². The number of carbonyl (C=O) groups is 3. The maximum atomic E-state index is 12.3. The van der Waals surface area contributed by atoms with Crippen molar-refractivity contribution < 1.29 is 28.6 Å². The van der Waals surface area contributed by atoms with E-state index in [1.54, 1.807) is 13.8 Å². The number of rotatable bonds is 11. The van der Waals surface area contributed by atoms with Crippen LogP contribution in [0.4, 0.5) is 4.79 Å². The highest BCUT2D eigenvalue weighted by atomic mass is 16.6. The van der Waals surface area contributed by atoms with E-state index in [-0.39, 0.29) is 38.1 Å². The molecule has 1 amide bonds. The molecule has 0 aliphatic carbocycles. The second kappa shape index (κ2) is 13.1. The zero-order valence-electron chi connectivity index (χ0n) is 17.9. The van der Waals surface area contributed by atoms with E-state index in [9.17, 15) is 14.4 Å². The normalized spacial score (nSPS) is 11.5. The lowest BCUT2D eigenvalue weighted by atomic mass is 10.1. The SMILES string of the molecule is CC(C)[C@H](NC(=O)OCc1ccccc1)C(=O)OCCCC(=O)OCc1ccccc1. The van der Waals surface area contributed by atoms with Crippen LogP contribution in [0.3, 0.4) is 0 Å². The first-order valence-electron chi connectivity index (χ1n) is 10.3. The number of benzene rings is 2. The summed E-state index contributed by atoms with van der Waals surface area (Å²) in [5.74, 6) is -1.11. The van der Waals surface area contributed by atoms with Gasteiger partial charge in [0.15, 0.2) is 0 Å². The van der Waals surface area contributed by atoms with Crippen LogP contribution >= 0.6 is 0 Å². The topological polar surface area (TPSA) is 90.9 Å². The average Bonchev–Trinajstić information content (AvgIpc) is 2.78. The summed E-state index contributed by atoms with van der Waals surface area (Å²) in [5.41, 5.74) is 1.76. The highest BCUT2D eigenvalue weighted by Crippen LogP contribution is 2.08. The lowest BCUT2D eigenvalue weighted by Gasteiger charge is -2.20. The molecule has 166 valence electrons. The van der Waals surface area contributed by atoms with Crippen LogP contribution in [-0.4, -0.2) is 30.7 Å². The molecule has 31 heavy (non-hydrogen) atoms. The van der Waals surface area contributed by atoms with Crippen LogP contribution in [0.25, 0.3) is 0 Å². The lowest BCUT2D eigenvalue weighted by molar-refractivity contribution is -0.150. The van der Waals surface area contributed by atoms with Gasteiger partial charge in [0.05, 0.1) is 6.61 Å². The van der Waals surface area contributed by atoms with Crippen LogP contribution in [0.2, 0.25) is 0 Å². The molecular weight excluding hydrogens is 398 g/mol. The molecule has 7 nitrogen and oxygen atoms in total. The maximum Gasteiger partial charge on any atom is 0.408 e. The number of alkyl carbamates (subject to hydrolysis) is 1. The molecule has 0 saturated carbocycles. The molecule has 0 heterocycles. The third kappa shape index (κ3) is 9.33. The highest BCUT2D eigenvalue weighted by Gasteiger charge is 2.26. The van der Waals surface area contributed by atoms with Crippen molar-refractivity contribution in [2.24, 2.45) is 5.92 Å². The summed E-state index contributed by atoms with van der Waals surface area (Å²) >= 11 is 0. The van der Waals surface area contributed by atoms with E-state index in [0.29, 0.717) is 6.42 Å². The Hall–Kier alpha value is -3.35. The molecule has 7 heteroatoms. The van der Waals surface area contributed by atoms with Crippen LogP contribution in [0.5, 0.6) is 0 Å². The third-order valence-corrected chi connectivity index (χ3v) is 4.42. The zero-order valence-corrected chi connectivity index (χ0v) is 17.9. The van der Waals surface area contributed by atoms with E-state index in [0.717, 1.165) is 11.1 Å². The molecule has 0 bridgehead atoms. The second-order valence-corrected chi connectivity index (χ2v) is 7.35. The van der Waals surface area contributed by atoms with Crippen molar-refractivity contribution in [3.63, 3.8) is 0 Å².